The molecule has 0 bridgehead atoms. The van der Waals surface area contributed by atoms with Gasteiger partial charge in [0.25, 0.3) is 0 Å². The highest BCUT2D eigenvalue weighted by atomic mass is 19.1. The average molecular weight is 335 g/mol. The average Bonchev–Trinajstić information content (AvgIpc) is 2.64. The van der Waals surface area contributed by atoms with E-state index in [0.29, 0.717) is 13.2 Å². The van der Waals surface area contributed by atoms with Gasteiger partial charge in [0.05, 0.1) is 13.2 Å². The Kier molecular flexibility index (Phi) is 5.34. The van der Waals surface area contributed by atoms with Crippen LogP contribution in [0.15, 0.2) is 60.7 Å². The molecule has 2 nitrogen and oxygen atoms in total. The summed E-state index contributed by atoms with van der Waals surface area (Å²) in [7, 11) is 0. The summed E-state index contributed by atoms with van der Waals surface area (Å²) in [5.74, 6) is 1.33. The summed E-state index contributed by atoms with van der Waals surface area (Å²) < 4.78 is 24.7. The molecule has 0 aliphatic carbocycles. The Morgan fingerprint density at radius 3 is 2.08 bits per heavy atom. The van der Waals surface area contributed by atoms with Gasteiger partial charge in [-0.15, -0.1) is 0 Å². The summed E-state index contributed by atoms with van der Waals surface area (Å²) >= 11 is 0. The summed E-state index contributed by atoms with van der Waals surface area (Å²) in [6.07, 6.45) is 0. The van der Waals surface area contributed by atoms with E-state index in [1.165, 1.54) is 12.1 Å². The van der Waals surface area contributed by atoms with Crippen LogP contribution in [0.1, 0.15) is 13.8 Å². The topological polar surface area (TPSA) is 18.5 Å². The first-order chi connectivity index (χ1) is 12.2. The van der Waals surface area contributed by atoms with Crippen LogP contribution in [0.2, 0.25) is 0 Å². The Labute approximate surface area is 147 Å². The molecule has 127 valence electrons. The van der Waals surface area contributed by atoms with E-state index in [4.69, 9.17) is 9.47 Å². The lowest BCUT2D eigenvalue weighted by Gasteiger charge is -2.16. The summed E-state index contributed by atoms with van der Waals surface area (Å²) in [5.41, 5.74) is 3.73. The Balaban J connectivity index is 2.12. The minimum absolute atomic E-state index is 0.260. The van der Waals surface area contributed by atoms with Gasteiger partial charge >= 0.3 is 0 Å². The van der Waals surface area contributed by atoms with Crippen molar-refractivity contribution in [1.29, 1.82) is 0 Å². The van der Waals surface area contributed by atoms with Gasteiger partial charge in [0.15, 0.2) is 0 Å². The molecular formula is C22H20FO2. The first-order valence-electron chi connectivity index (χ1n) is 8.39. The molecule has 0 aliphatic rings. The second-order valence-electron chi connectivity index (χ2n) is 5.49. The van der Waals surface area contributed by atoms with Crippen LogP contribution in [0.3, 0.4) is 0 Å². The van der Waals surface area contributed by atoms with Gasteiger partial charge in [-0.3, -0.25) is 0 Å². The number of ether oxygens (including phenoxy) is 2. The summed E-state index contributed by atoms with van der Waals surface area (Å²) in [6, 6.07) is 21.4. The lowest BCUT2D eigenvalue weighted by atomic mass is 9.93. The zero-order chi connectivity index (χ0) is 17.6. The van der Waals surface area contributed by atoms with Crippen LogP contribution in [0.5, 0.6) is 11.5 Å². The zero-order valence-electron chi connectivity index (χ0n) is 14.4. The van der Waals surface area contributed by atoms with E-state index < -0.39 is 0 Å². The lowest BCUT2D eigenvalue weighted by Crippen LogP contribution is -1.96. The molecule has 0 aliphatic heterocycles. The molecule has 0 fully saturated rings. The summed E-state index contributed by atoms with van der Waals surface area (Å²) in [4.78, 5) is 0. The molecule has 3 aromatic carbocycles. The van der Waals surface area contributed by atoms with E-state index in [2.05, 4.69) is 6.07 Å². The van der Waals surface area contributed by atoms with Crippen molar-refractivity contribution in [1.82, 2.24) is 0 Å². The van der Waals surface area contributed by atoms with Gasteiger partial charge < -0.3 is 9.47 Å². The molecule has 0 saturated carbocycles. The molecule has 3 rings (SSSR count). The van der Waals surface area contributed by atoms with E-state index in [0.717, 1.165) is 33.8 Å². The van der Waals surface area contributed by atoms with E-state index in [-0.39, 0.29) is 5.82 Å². The largest absolute Gasteiger partial charge is 0.494 e. The van der Waals surface area contributed by atoms with Crippen molar-refractivity contribution >= 4 is 0 Å². The molecule has 0 spiro atoms. The molecule has 0 saturated heterocycles. The molecule has 0 N–H and O–H groups in total. The second-order valence-corrected chi connectivity index (χ2v) is 5.49. The van der Waals surface area contributed by atoms with Gasteiger partial charge in [-0.2, -0.15) is 0 Å². The molecule has 3 aromatic rings. The predicted molar refractivity (Wildman–Crippen MR) is 98.4 cm³/mol. The molecular weight excluding hydrogens is 315 g/mol. The summed E-state index contributed by atoms with van der Waals surface area (Å²) in [5, 5.41) is 0. The zero-order valence-corrected chi connectivity index (χ0v) is 14.4. The third-order valence-corrected chi connectivity index (χ3v) is 3.85. The molecule has 0 heterocycles. The van der Waals surface area contributed by atoms with Gasteiger partial charge in [0.1, 0.15) is 17.3 Å². The highest BCUT2D eigenvalue weighted by Gasteiger charge is 2.14. The first-order valence-corrected chi connectivity index (χ1v) is 8.39. The maximum absolute atomic E-state index is 13.3. The van der Waals surface area contributed by atoms with Gasteiger partial charge in [0.2, 0.25) is 0 Å². The van der Waals surface area contributed by atoms with Crippen molar-refractivity contribution in [3.05, 3.63) is 72.5 Å². The van der Waals surface area contributed by atoms with Crippen LogP contribution < -0.4 is 9.47 Å². The SMILES string of the molecule is CCOc1ccc(-c2[c]ccc(OCC)c2-c2ccc(F)cc2)cc1. The lowest BCUT2D eigenvalue weighted by molar-refractivity contribution is 0.340. The normalized spacial score (nSPS) is 10.5. The van der Waals surface area contributed by atoms with Crippen molar-refractivity contribution in [3.8, 4) is 33.8 Å². The minimum Gasteiger partial charge on any atom is -0.494 e. The van der Waals surface area contributed by atoms with Gasteiger partial charge in [0, 0.05) is 11.1 Å². The van der Waals surface area contributed by atoms with Crippen LogP contribution in [0.4, 0.5) is 4.39 Å². The predicted octanol–water partition coefficient (Wildman–Crippen LogP) is 5.76. The molecule has 25 heavy (non-hydrogen) atoms. The first kappa shape index (κ1) is 17.0. The van der Waals surface area contributed by atoms with Crippen molar-refractivity contribution in [2.75, 3.05) is 13.2 Å². The van der Waals surface area contributed by atoms with E-state index in [1.807, 2.05) is 50.2 Å². The van der Waals surface area contributed by atoms with Crippen LogP contribution in [0.25, 0.3) is 22.3 Å². The quantitative estimate of drug-likeness (QED) is 0.570. The Bertz CT molecular complexity index is 824. The van der Waals surface area contributed by atoms with E-state index in [9.17, 15) is 4.39 Å². The maximum atomic E-state index is 13.3. The third kappa shape index (κ3) is 3.82. The van der Waals surface area contributed by atoms with Gasteiger partial charge in [-0.25, -0.2) is 4.39 Å². The fourth-order valence-electron chi connectivity index (χ4n) is 2.77. The monoisotopic (exact) mass is 335 g/mol. The molecule has 3 heteroatoms. The second kappa shape index (κ2) is 7.84. The number of halogens is 1. The van der Waals surface area contributed by atoms with Crippen molar-refractivity contribution in [2.24, 2.45) is 0 Å². The third-order valence-electron chi connectivity index (χ3n) is 3.85. The molecule has 1 radical (unpaired) electrons. The molecule has 0 unspecified atom stereocenters. The number of benzene rings is 3. The van der Waals surface area contributed by atoms with Gasteiger partial charge in [-0.1, -0.05) is 30.3 Å². The highest BCUT2D eigenvalue weighted by Crippen LogP contribution is 2.39. The smallest absolute Gasteiger partial charge is 0.127 e. The molecule has 0 amide bonds. The Morgan fingerprint density at radius 1 is 0.800 bits per heavy atom. The highest BCUT2D eigenvalue weighted by molar-refractivity contribution is 5.87. The maximum Gasteiger partial charge on any atom is 0.127 e. The summed E-state index contributed by atoms with van der Waals surface area (Å²) in [6.45, 7) is 5.09. The number of hydrogen-bond acceptors (Lipinski definition) is 2. The molecule has 0 atom stereocenters. The fraction of sp³-hybridized carbons (Fsp3) is 0.182. The number of rotatable bonds is 6. The van der Waals surface area contributed by atoms with Crippen LogP contribution >= 0.6 is 0 Å². The fourth-order valence-corrected chi connectivity index (χ4v) is 2.77. The van der Waals surface area contributed by atoms with Crippen LogP contribution in [-0.2, 0) is 0 Å². The standard InChI is InChI=1S/C22H20FO2/c1-3-24-19-14-10-16(11-15-19)20-6-5-7-21(25-4-2)22(20)17-8-12-18(23)13-9-17/h5,7-15H,3-4H2,1-2H3. The number of hydrogen-bond donors (Lipinski definition) is 0. The Hall–Kier alpha value is -2.81. The van der Waals surface area contributed by atoms with Crippen LogP contribution in [-0.4, -0.2) is 13.2 Å². The van der Waals surface area contributed by atoms with Crippen molar-refractivity contribution < 1.29 is 13.9 Å². The minimum atomic E-state index is -0.260. The van der Waals surface area contributed by atoms with E-state index in [1.54, 1.807) is 12.1 Å². The van der Waals surface area contributed by atoms with Gasteiger partial charge in [-0.05, 0) is 61.4 Å². The van der Waals surface area contributed by atoms with Crippen LogP contribution in [0, 0.1) is 11.9 Å². The van der Waals surface area contributed by atoms with E-state index >= 15 is 0 Å². The molecule has 0 aromatic heterocycles. The van der Waals surface area contributed by atoms with Crippen molar-refractivity contribution in [2.45, 2.75) is 13.8 Å². The van der Waals surface area contributed by atoms with Crippen molar-refractivity contribution in [3.63, 3.8) is 0 Å². The Morgan fingerprint density at radius 2 is 1.44 bits per heavy atom.